The lowest BCUT2D eigenvalue weighted by Crippen LogP contribution is -2.35. The second-order valence-electron chi connectivity index (χ2n) is 11.5. The minimum atomic E-state index is -4.74. The number of halogens is 3. The molecule has 0 amide bonds. The second-order valence-corrected chi connectivity index (χ2v) is 11.5. The number of hydrogen-bond donors (Lipinski definition) is 1. The number of imidazole rings is 1. The Bertz CT molecular complexity index is 1140. The number of nitrogens with one attached hydrogen (secondary N) is 1. The predicted molar refractivity (Wildman–Crippen MR) is 131 cm³/mol. The van der Waals surface area contributed by atoms with Gasteiger partial charge in [-0.1, -0.05) is 53.7 Å². The van der Waals surface area contributed by atoms with Crippen LogP contribution in [-0.4, -0.2) is 15.9 Å². The Labute approximate surface area is 199 Å². The van der Waals surface area contributed by atoms with Crippen LogP contribution in [0.2, 0.25) is 0 Å². The van der Waals surface area contributed by atoms with Gasteiger partial charge < -0.3 is 14.6 Å². The van der Waals surface area contributed by atoms with Crippen molar-refractivity contribution in [3.05, 3.63) is 48.0 Å². The first-order valence-electron chi connectivity index (χ1n) is 11.9. The van der Waals surface area contributed by atoms with Gasteiger partial charge in [0.2, 0.25) is 5.95 Å². The van der Waals surface area contributed by atoms with Crippen LogP contribution in [0.5, 0.6) is 5.75 Å². The van der Waals surface area contributed by atoms with Gasteiger partial charge in [0.05, 0.1) is 11.0 Å². The molecule has 1 N–H and O–H groups in total. The van der Waals surface area contributed by atoms with Gasteiger partial charge in [-0.2, -0.15) is 0 Å². The largest absolute Gasteiger partial charge is 0.573 e. The minimum Gasteiger partial charge on any atom is -0.406 e. The molecule has 0 spiro atoms. The van der Waals surface area contributed by atoms with Gasteiger partial charge in [0.15, 0.2) is 0 Å². The molecule has 1 heterocycles. The minimum absolute atomic E-state index is 0.0855. The van der Waals surface area contributed by atoms with E-state index in [4.69, 9.17) is 4.98 Å². The fourth-order valence-electron chi connectivity index (χ4n) is 5.78. The van der Waals surface area contributed by atoms with Crippen LogP contribution in [0, 0.1) is 10.8 Å². The topological polar surface area (TPSA) is 39.1 Å². The summed E-state index contributed by atoms with van der Waals surface area (Å²) in [5.74, 6) is 0.829. The number of rotatable bonds is 5. The van der Waals surface area contributed by atoms with Gasteiger partial charge in [-0.05, 0) is 65.8 Å². The molecule has 3 aromatic rings. The zero-order chi connectivity index (χ0) is 24.9. The van der Waals surface area contributed by atoms with E-state index in [0.717, 1.165) is 24.9 Å². The highest BCUT2D eigenvalue weighted by Crippen LogP contribution is 2.51. The van der Waals surface area contributed by atoms with E-state index < -0.39 is 6.36 Å². The summed E-state index contributed by atoms with van der Waals surface area (Å²) in [6.45, 7) is 13.3. The Kier molecular flexibility index (Phi) is 6.11. The van der Waals surface area contributed by atoms with Gasteiger partial charge >= 0.3 is 6.36 Å². The fraction of sp³-hybridized carbons (Fsp3) is 0.519. The Morgan fingerprint density at radius 3 is 2.18 bits per heavy atom. The Morgan fingerprint density at radius 1 is 1.00 bits per heavy atom. The smallest absolute Gasteiger partial charge is 0.406 e. The number of fused-ring (bicyclic) bond motifs is 1. The third-order valence-corrected chi connectivity index (χ3v) is 6.63. The molecule has 0 saturated heterocycles. The molecule has 184 valence electrons. The van der Waals surface area contributed by atoms with Crippen molar-refractivity contribution in [2.45, 2.75) is 79.1 Å². The average Bonchev–Trinajstić information content (AvgIpc) is 3.01. The highest BCUT2D eigenvalue weighted by Gasteiger charge is 2.40. The van der Waals surface area contributed by atoms with Crippen molar-refractivity contribution in [2.75, 3.05) is 5.32 Å². The van der Waals surface area contributed by atoms with Crippen LogP contribution in [-0.2, 0) is 0 Å². The Morgan fingerprint density at radius 2 is 1.62 bits per heavy atom. The zero-order valence-electron chi connectivity index (χ0n) is 20.8. The van der Waals surface area contributed by atoms with Gasteiger partial charge in [-0.25, -0.2) is 4.98 Å². The lowest BCUT2D eigenvalue weighted by atomic mass is 9.63. The van der Waals surface area contributed by atoms with E-state index in [0.29, 0.717) is 22.9 Å². The van der Waals surface area contributed by atoms with Crippen LogP contribution in [0.1, 0.15) is 78.3 Å². The number of anilines is 2. The summed E-state index contributed by atoms with van der Waals surface area (Å²) in [6.07, 6.45) is -1.84. The molecule has 0 bridgehead atoms. The van der Waals surface area contributed by atoms with Crippen molar-refractivity contribution in [3.63, 3.8) is 0 Å². The van der Waals surface area contributed by atoms with Crippen molar-refractivity contribution in [2.24, 2.45) is 10.8 Å². The third-order valence-electron chi connectivity index (χ3n) is 6.63. The van der Waals surface area contributed by atoms with Crippen molar-refractivity contribution in [1.82, 2.24) is 9.55 Å². The molecule has 0 atom stereocenters. The van der Waals surface area contributed by atoms with E-state index in [9.17, 15) is 13.2 Å². The molecule has 0 radical (unpaired) electrons. The highest BCUT2D eigenvalue weighted by atomic mass is 19.4. The molecule has 1 aliphatic carbocycles. The molecule has 4 rings (SSSR count). The SMILES string of the molecule is CC(C)c1ccc(Nc2nc3ccc(OC(F)(F)F)cc3n2C2CC(C)(C)CC(C)(C)C2)cc1. The van der Waals surface area contributed by atoms with Crippen LogP contribution in [0.3, 0.4) is 0 Å². The summed E-state index contributed by atoms with van der Waals surface area (Å²) in [5, 5.41) is 3.44. The van der Waals surface area contributed by atoms with Crippen molar-refractivity contribution in [3.8, 4) is 5.75 Å². The molecule has 34 heavy (non-hydrogen) atoms. The first kappa shape index (κ1) is 24.4. The van der Waals surface area contributed by atoms with Gasteiger partial charge in [-0.3, -0.25) is 0 Å². The molecule has 1 fully saturated rings. The molecule has 2 aromatic carbocycles. The summed E-state index contributed by atoms with van der Waals surface area (Å²) >= 11 is 0. The van der Waals surface area contributed by atoms with E-state index in [2.05, 4.69) is 68.3 Å². The van der Waals surface area contributed by atoms with Gasteiger partial charge in [0.25, 0.3) is 0 Å². The van der Waals surface area contributed by atoms with Crippen LogP contribution < -0.4 is 10.1 Å². The molecular formula is C27H34F3N3O. The summed E-state index contributed by atoms with van der Waals surface area (Å²) in [7, 11) is 0. The summed E-state index contributed by atoms with van der Waals surface area (Å²) < 4.78 is 45.1. The highest BCUT2D eigenvalue weighted by molar-refractivity contribution is 5.81. The van der Waals surface area contributed by atoms with Crippen molar-refractivity contribution < 1.29 is 17.9 Å². The molecule has 1 aromatic heterocycles. The first-order chi connectivity index (χ1) is 15.7. The lowest BCUT2D eigenvalue weighted by Gasteiger charge is -2.45. The lowest BCUT2D eigenvalue weighted by molar-refractivity contribution is -0.274. The molecule has 0 unspecified atom stereocenters. The second kappa shape index (κ2) is 8.51. The zero-order valence-corrected chi connectivity index (χ0v) is 20.8. The van der Waals surface area contributed by atoms with Crippen molar-refractivity contribution >= 4 is 22.7 Å². The maximum atomic E-state index is 12.9. The monoisotopic (exact) mass is 473 g/mol. The number of benzene rings is 2. The van der Waals surface area contributed by atoms with E-state index in [1.54, 1.807) is 6.07 Å². The number of ether oxygens (including phenoxy) is 1. The number of hydrogen-bond acceptors (Lipinski definition) is 3. The quantitative estimate of drug-likeness (QED) is 0.403. The Balaban J connectivity index is 1.80. The van der Waals surface area contributed by atoms with Gasteiger partial charge in [0, 0.05) is 17.8 Å². The standard InChI is InChI=1S/C27H34F3N3O/c1-17(2)18-7-9-19(10-8-18)31-24-32-22-12-11-21(34-27(28,29)30)13-23(22)33(24)20-14-25(3,4)16-26(5,6)15-20/h7-13,17,20H,14-16H2,1-6H3,(H,31,32). The molecule has 1 saturated carbocycles. The van der Waals surface area contributed by atoms with E-state index in [1.165, 1.54) is 17.7 Å². The predicted octanol–water partition coefficient (Wildman–Crippen LogP) is 8.58. The third kappa shape index (κ3) is 5.50. The number of alkyl halides is 3. The maximum absolute atomic E-state index is 12.9. The molecule has 7 heteroatoms. The van der Waals surface area contributed by atoms with E-state index in [-0.39, 0.29) is 22.6 Å². The van der Waals surface area contributed by atoms with Gasteiger partial charge in [0.1, 0.15) is 5.75 Å². The molecule has 4 nitrogen and oxygen atoms in total. The van der Waals surface area contributed by atoms with Gasteiger partial charge in [-0.15, -0.1) is 13.2 Å². The summed E-state index contributed by atoms with van der Waals surface area (Å²) in [5.41, 5.74) is 3.60. The van der Waals surface area contributed by atoms with Crippen LogP contribution >= 0.6 is 0 Å². The number of nitrogens with zero attached hydrogens (tertiary/aromatic N) is 2. The van der Waals surface area contributed by atoms with E-state index in [1.807, 2.05) is 12.1 Å². The van der Waals surface area contributed by atoms with Crippen LogP contribution in [0.25, 0.3) is 11.0 Å². The normalized spacial score (nSPS) is 18.4. The Hall–Kier alpha value is -2.70. The molecule has 1 aliphatic rings. The summed E-state index contributed by atoms with van der Waals surface area (Å²) in [4.78, 5) is 4.79. The molecular weight excluding hydrogens is 439 g/mol. The van der Waals surface area contributed by atoms with Crippen LogP contribution in [0.4, 0.5) is 24.8 Å². The first-order valence-corrected chi connectivity index (χ1v) is 11.9. The van der Waals surface area contributed by atoms with Crippen molar-refractivity contribution in [1.29, 1.82) is 0 Å². The van der Waals surface area contributed by atoms with E-state index >= 15 is 0 Å². The maximum Gasteiger partial charge on any atom is 0.573 e. The number of aromatic nitrogens is 2. The average molecular weight is 474 g/mol. The summed E-state index contributed by atoms with van der Waals surface area (Å²) in [6, 6.07) is 12.7. The fourth-order valence-corrected chi connectivity index (χ4v) is 5.78. The molecule has 0 aliphatic heterocycles. The van der Waals surface area contributed by atoms with Crippen LogP contribution in [0.15, 0.2) is 42.5 Å².